The van der Waals surface area contributed by atoms with Crippen LogP contribution in [0.4, 0.5) is 0 Å². The molecule has 2 nitrogen and oxygen atoms in total. The first-order chi connectivity index (χ1) is 5.13. The molecule has 0 saturated carbocycles. The van der Waals surface area contributed by atoms with Crippen LogP contribution in [0, 0.1) is 0 Å². The van der Waals surface area contributed by atoms with Crippen LogP contribution in [0.3, 0.4) is 0 Å². The largest absolute Gasteiger partial charge is 1.00 e. The molecule has 4 heteroatoms. The topological polar surface area (TPSA) is 40.1 Å². The number of alkyl halides is 1. The van der Waals surface area contributed by atoms with E-state index in [2.05, 4.69) is 0 Å². The van der Waals surface area contributed by atoms with Crippen LogP contribution in [0.2, 0.25) is 0 Å². The number of aliphatic carboxylic acids is 1. The molecule has 0 aliphatic rings. The maximum atomic E-state index is 9.94. The van der Waals surface area contributed by atoms with E-state index in [9.17, 15) is 9.90 Å². The number of carbonyl (C=O) groups excluding carboxylic acids is 1. The number of hydrogen-bond acceptors (Lipinski definition) is 2. The third-order valence-electron chi connectivity index (χ3n) is 1.15. The van der Waals surface area contributed by atoms with Crippen molar-refractivity contribution in [2.45, 2.75) is 31.6 Å². The van der Waals surface area contributed by atoms with E-state index in [0.717, 1.165) is 6.42 Å². The molecule has 0 heterocycles. The van der Waals surface area contributed by atoms with Crippen LogP contribution in [0.25, 0.3) is 0 Å². The fourth-order valence-corrected chi connectivity index (χ4v) is 0.751. The van der Waals surface area contributed by atoms with E-state index in [-0.39, 0.29) is 41.4 Å². The molecule has 0 amide bonds. The fraction of sp³-hybridized carbons (Fsp3) is 0.625. The van der Waals surface area contributed by atoms with E-state index in [1.807, 2.05) is 19.1 Å². The summed E-state index contributed by atoms with van der Waals surface area (Å²) in [7, 11) is 0. The molecule has 0 aromatic carbocycles. The summed E-state index contributed by atoms with van der Waals surface area (Å²) in [6.07, 6.45) is 5.24. The zero-order chi connectivity index (χ0) is 8.69. The maximum Gasteiger partial charge on any atom is 1.00 e. The first kappa shape index (κ1) is 15.0. The molecule has 0 fully saturated rings. The number of halogens is 1. The summed E-state index contributed by atoms with van der Waals surface area (Å²) in [4.78, 5) is 9.94. The van der Waals surface area contributed by atoms with Gasteiger partial charge in [0.25, 0.3) is 0 Å². The summed E-state index contributed by atoms with van der Waals surface area (Å²) in [5, 5.41) is 9.96. The molecule has 64 valence electrons. The van der Waals surface area contributed by atoms with E-state index < -0.39 is 5.97 Å². The van der Waals surface area contributed by atoms with Crippen LogP contribution in [-0.4, -0.2) is 11.3 Å². The molecule has 0 spiro atoms. The molecule has 0 radical (unpaired) electrons. The first-order valence-electron chi connectivity index (χ1n) is 3.63. The van der Waals surface area contributed by atoms with Crippen molar-refractivity contribution in [1.82, 2.24) is 0 Å². The standard InChI is InChI=1S/C8H13ClO2.Na/c1-7(9)5-3-2-4-6-8(10)11;/h3,5,7H,2,4,6H2,1H3,(H,10,11);/q;+1/p-1/b5-3+;. The van der Waals surface area contributed by atoms with Gasteiger partial charge in [0.05, 0.1) is 0 Å². The maximum absolute atomic E-state index is 9.94. The van der Waals surface area contributed by atoms with Gasteiger partial charge in [0.1, 0.15) is 0 Å². The van der Waals surface area contributed by atoms with Gasteiger partial charge in [-0.2, -0.15) is 0 Å². The monoisotopic (exact) mass is 198 g/mol. The number of rotatable bonds is 5. The normalized spacial score (nSPS) is 12.5. The summed E-state index contributed by atoms with van der Waals surface area (Å²) in [5.74, 6) is -0.989. The minimum Gasteiger partial charge on any atom is -0.550 e. The second kappa shape index (κ2) is 9.59. The third-order valence-corrected chi connectivity index (χ3v) is 1.30. The van der Waals surface area contributed by atoms with Gasteiger partial charge in [0.15, 0.2) is 0 Å². The van der Waals surface area contributed by atoms with Gasteiger partial charge >= 0.3 is 29.6 Å². The third kappa shape index (κ3) is 13.1. The number of unbranched alkanes of at least 4 members (excludes halogenated alkanes) is 1. The van der Waals surface area contributed by atoms with Crippen LogP contribution < -0.4 is 34.7 Å². The van der Waals surface area contributed by atoms with Crippen molar-refractivity contribution in [3.8, 4) is 0 Å². The average Bonchev–Trinajstić information content (AvgIpc) is 1.85. The average molecular weight is 199 g/mol. The van der Waals surface area contributed by atoms with E-state index in [4.69, 9.17) is 11.6 Å². The Morgan fingerprint density at radius 2 is 2.25 bits per heavy atom. The molecule has 0 aliphatic heterocycles. The molecule has 0 bridgehead atoms. The minimum absolute atomic E-state index is 0. The van der Waals surface area contributed by atoms with Crippen molar-refractivity contribution in [3.63, 3.8) is 0 Å². The number of carboxylic acid groups (broad SMARTS) is 1. The van der Waals surface area contributed by atoms with E-state index >= 15 is 0 Å². The van der Waals surface area contributed by atoms with E-state index in [1.165, 1.54) is 0 Å². The molecule has 12 heavy (non-hydrogen) atoms. The van der Waals surface area contributed by atoms with Crippen LogP contribution >= 0.6 is 11.6 Å². The Balaban J connectivity index is 0. The summed E-state index contributed by atoms with van der Waals surface area (Å²) >= 11 is 5.60. The zero-order valence-corrected chi connectivity index (χ0v) is 10.3. The van der Waals surface area contributed by atoms with E-state index in [1.54, 1.807) is 0 Å². The molecule has 0 aliphatic carbocycles. The molecular weight excluding hydrogens is 187 g/mol. The Bertz CT molecular complexity index is 146. The van der Waals surface area contributed by atoms with Gasteiger partial charge in [-0.25, -0.2) is 0 Å². The molecule has 0 rings (SSSR count). The van der Waals surface area contributed by atoms with Crippen molar-refractivity contribution in [3.05, 3.63) is 12.2 Å². The summed E-state index contributed by atoms with van der Waals surface area (Å²) < 4.78 is 0. The van der Waals surface area contributed by atoms with Gasteiger partial charge in [0.2, 0.25) is 0 Å². The molecule has 1 atom stereocenters. The van der Waals surface area contributed by atoms with Crippen molar-refractivity contribution in [1.29, 1.82) is 0 Å². The number of hydrogen-bond donors (Lipinski definition) is 0. The number of allylic oxidation sites excluding steroid dienone is 2. The Labute approximate surface area is 100 Å². The van der Waals surface area contributed by atoms with Gasteiger partial charge in [-0.1, -0.05) is 12.2 Å². The van der Waals surface area contributed by atoms with Crippen LogP contribution in [0.15, 0.2) is 12.2 Å². The van der Waals surface area contributed by atoms with Crippen molar-refractivity contribution in [2.75, 3.05) is 0 Å². The Morgan fingerprint density at radius 3 is 2.67 bits per heavy atom. The van der Waals surface area contributed by atoms with Crippen LogP contribution in [0.1, 0.15) is 26.2 Å². The molecule has 1 unspecified atom stereocenters. The SMILES string of the molecule is CC(Cl)/C=C/CCCC(=O)[O-].[Na+]. The molecule has 0 aromatic rings. The van der Waals surface area contributed by atoms with Gasteiger partial charge in [-0.05, 0) is 26.2 Å². The second-order valence-corrected chi connectivity index (χ2v) is 3.06. The second-order valence-electron chi connectivity index (χ2n) is 2.37. The molecular formula is C8H12ClNaO2. The predicted octanol–water partition coefficient (Wildman–Crippen LogP) is -1.91. The van der Waals surface area contributed by atoms with Gasteiger partial charge < -0.3 is 9.90 Å². The van der Waals surface area contributed by atoms with Crippen molar-refractivity contribution in [2.24, 2.45) is 0 Å². The Morgan fingerprint density at radius 1 is 1.67 bits per heavy atom. The van der Waals surface area contributed by atoms with Crippen molar-refractivity contribution >= 4 is 17.6 Å². The van der Waals surface area contributed by atoms with Gasteiger partial charge in [-0.15, -0.1) is 11.6 Å². The van der Waals surface area contributed by atoms with E-state index in [0.29, 0.717) is 6.42 Å². The number of carboxylic acids is 1. The molecule has 0 aromatic heterocycles. The fourth-order valence-electron chi connectivity index (χ4n) is 0.648. The van der Waals surface area contributed by atoms with Crippen LogP contribution in [-0.2, 0) is 4.79 Å². The van der Waals surface area contributed by atoms with Gasteiger partial charge in [-0.3, -0.25) is 0 Å². The quantitative estimate of drug-likeness (QED) is 0.224. The molecule has 0 saturated heterocycles. The summed E-state index contributed by atoms with van der Waals surface area (Å²) in [6.45, 7) is 1.86. The summed E-state index contributed by atoms with van der Waals surface area (Å²) in [5.41, 5.74) is 0. The minimum atomic E-state index is -0.989. The zero-order valence-electron chi connectivity index (χ0n) is 7.55. The molecule has 0 N–H and O–H groups in total. The summed E-state index contributed by atoms with van der Waals surface area (Å²) in [6, 6.07) is 0. The van der Waals surface area contributed by atoms with Gasteiger partial charge in [0, 0.05) is 11.3 Å². The number of carbonyl (C=O) groups is 1. The predicted molar refractivity (Wildman–Crippen MR) is 43.3 cm³/mol. The smallest absolute Gasteiger partial charge is 0.550 e. The Hall–Kier alpha value is 0.500. The van der Waals surface area contributed by atoms with Crippen LogP contribution in [0.5, 0.6) is 0 Å². The first-order valence-corrected chi connectivity index (χ1v) is 4.07. The Kier molecular flexibility index (Phi) is 12.0. The van der Waals surface area contributed by atoms with Crippen molar-refractivity contribution < 1.29 is 39.5 Å².